The molecule has 5 nitrogen and oxygen atoms in total. The predicted octanol–water partition coefficient (Wildman–Crippen LogP) is 3.57. The van der Waals surface area contributed by atoms with Gasteiger partial charge >= 0.3 is 0 Å². The lowest BCUT2D eigenvalue weighted by Gasteiger charge is -2.39. The van der Waals surface area contributed by atoms with E-state index in [0.29, 0.717) is 6.04 Å². The molecule has 148 valence electrons. The Kier molecular flexibility index (Phi) is 5.93. The largest absolute Gasteiger partial charge is 0.457 e. The molecule has 0 aliphatic carbocycles. The van der Waals surface area contributed by atoms with E-state index in [0.717, 1.165) is 43.0 Å². The van der Waals surface area contributed by atoms with E-state index in [2.05, 4.69) is 9.80 Å². The van der Waals surface area contributed by atoms with E-state index in [1.54, 1.807) is 0 Å². The molecule has 2 aliphatic heterocycles. The zero-order valence-electron chi connectivity index (χ0n) is 16.3. The number of hydrogen-bond donors (Lipinski definition) is 1. The normalized spacial score (nSPS) is 20.1. The SMILES string of the molecule is NC(=O)C(c1ccc(Oc2ccccc2)cc1)N1CCC(N2CCCC2)CC1. The highest BCUT2D eigenvalue weighted by atomic mass is 16.5. The Bertz CT molecular complexity index is 764. The van der Waals surface area contributed by atoms with Gasteiger partial charge in [0, 0.05) is 19.1 Å². The molecule has 0 saturated carbocycles. The maximum absolute atomic E-state index is 12.3. The molecule has 0 bridgehead atoms. The number of primary amides is 1. The molecule has 2 fully saturated rings. The molecular formula is C23H29N3O2. The number of hydrogen-bond acceptors (Lipinski definition) is 4. The third kappa shape index (κ3) is 4.37. The Morgan fingerprint density at radius 2 is 1.50 bits per heavy atom. The molecular weight excluding hydrogens is 350 g/mol. The first-order valence-electron chi connectivity index (χ1n) is 10.3. The van der Waals surface area contributed by atoms with E-state index in [4.69, 9.17) is 10.5 Å². The van der Waals surface area contributed by atoms with Crippen molar-refractivity contribution in [1.29, 1.82) is 0 Å². The summed E-state index contributed by atoms with van der Waals surface area (Å²) < 4.78 is 5.85. The van der Waals surface area contributed by atoms with Crippen molar-refractivity contribution in [2.24, 2.45) is 5.73 Å². The van der Waals surface area contributed by atoms with Crippen molar-refractivity contribution in [1.82, 2.24) is 9.80 Å². The standard InChI is InChI=1S/C23H29N3O2/c24-23(27)22(26-16-12-19(13-17-26)25-14-4-5-15-25)18-8-10-21(11-9-18)28-20-6-2-1-3-7-20/h1-3,6-11,19,22H,4-5,12-17H2,(H2,24,27). The lowest BCUT2D eigenvalue weighted by molar-refractivity contribution is -0.124. The van der Waals surface area contributed by atoms with E-state index in [9.17, 15) is 4.79 Å². The number of rotatable bonds is 6. The van der Waals surface area contributed by atoms with Crippen LogP contribution in [0.2, 0.25) is 0 Å². The molecule has 1 unspecified atom stereocenters. The number of para-hydroxylation sites is 1. The second kappa shape index (κ2) is 8.76. The van der Waals surface area contributed by atoms with Crippen LogP contribution < -0.4 is 10.5 Å². The van der Waals surface area contributed by atoms with Crippen LogP contribution in [0.3, 0.4) is 0 Å². The van der Waals surface area contributed by atoms with E-state index in [1.807, 2.05) is 54.6 Å². The molecule has 5 heteroatoms. The number of nitrogens with zero attached hydrogens (tertiary/aromatic N) is 2. The van der Waals surface area contributed by atoms with Gasteiger partial charge in [-0.25, -0.2) is 0 Å². The highest BCUT2D eigenvalue weighted by Gasteiger charge is 2.32. The van der Waals surface area contributed by atoms with Gasteiger partial charge in [-0.1, -0.05) is 30.3 Å². The second-order valence-corrected chi connectivity index (χ2v) is 7.80. The predicted molar refractivity (Wildman–Crippen MR) is 110 cm³/mol. The number of carbonyl (C=O) groups excluding carboxylic acids is 1. The molecule has 28 heavy (non-hydrogen) atoms. The molecule has 2 aliphatic rings. The first-order valence-corrected chi connectivity index (χ1v) is 10.3. The van der Waals surface area contributed by atoms with Crippen LogP contribution in [0.5, 0.6) is 11.5 Å². The molecule has 2 aromatic carbocycles. The number of carbonyl (C=O) groups is 1. The first-order chi connectivity index (χ1) is 13.7. The monoisotopic (exact) mass is 379 g/mol. The molecule has 0 aromatic heterocycles. The molecule has 1 atom stereocenters. The fourth-order valence-corrected chi connectivity index (χ4v) is 4.51. The van der Waals surface area contributed by atoms with Gasteiger partial charge in [0.2, 0.25) is 5.91 Å². The Balaban J connectivity index is 1.41. The molecule has 2 aromatic rings. The third-order valence-electron chi connectivity index (χ3n) is 5.97. The third-order valence-corrected chi connectivity index (χ3v) is 5.97. The Labute approximate surface area is 167 Å². The Hall–Kier alpha value is -2.37. The van der Waals surface area contributed by atoms with E-state index >= 15 is 0 Å². The molecule has 0 spiro atoms. The summed E-state index contributed by atoms with van der Waals surface area (Å²) in [6, 6.07) is 17.7. The molecule has 2 heterocycles. The number of piperidine rings is 1. The molecule has 2 N–H and O–H groups in total. The number of amides is 1. The van der Waals surface area contributed by atoms with Crippen LogP contribution >= 0.6 is 0 Å². The first kappa shape index (κ1) is 19.0. The molecule has 2 saturated heterocycles. The van der Waals surface area contributed by atoms with Crippen molar-refractivity contribution in [2.45, 2.75) is 37.8 Å². The lowest BCUT2D eigenvalue weighted by Crippen LogP contribution is -2.47. The van der Waals surface area contributed by atoms with E-state index < -0.39 is 0 Å². The van der Waals surface area contributed by atoms with Gasteiger partial charge in [0.1, 0.15) is 17.5 Å². The smallest absolute Gasteiger partial charge is 0.239 e. The van der Waals surface area contributed by atoms with Crippen molar-refractivity contribution in [2.75, 3.05) is 26.2 Å². The van der Waals surface area contributed by atoms with Crippen LogP contribution in [-0.2, 0) is 4.79 Å². The van der Waals surface area contributed by atoms with Crippen LogP contribution in [0, 0.1) is 0 Å². The summed E-state index contributed by atoms with van der Waals surface area (Å²) in [4.78, 5) is 17.1. The second-order valence-electron chi connectivity index (χ2n) is 7.80. The summed E-state index contributed by atoms with van der Waals surface area (Å²) >= 11 is 0. The number of ether oxygens (including phenoxy) is 1. The number of benzene rings is 2. The van der Waals surface area contributed by atoms with Crippen molar-refractivity contribution < 1.29 is 9.53 Å². The van der Waals surface area contributed by atoms with Gasteiger partial charge in [0.05, 0.1) is 0 Å². The number of likely N-dealkylation sites (tertiary alicyclic amines) is 2. The molecule has 4 rings (SSSR count). The minimum atomic E-state index is -0.370. The maximum atomic E-state index is 12.3. The zero-order valence-corrected chi connectivity index (χ0v) is 16.3. The summed E-state index contributed by atoms with van der Waals surface area (Å²) in [5.41, 5.74) is 6.73. The minimum Gasteiger partial charge on any atom is -0.457 e. The van der Waals surface area contributed by atoms with Gasteiger partial charge in [0.25, 0.3) is 0 Å². The Morgan fingerprint density at radius 1 is 0.893 bits per heavy atom. The Morgan fingerprint density at radius 3 is 2.11 bits per heavy atom. The summed E-state index contributed by atoms with van der Waals surface area (Å²) in [6.07, 6.45) is 4.86. The van der Waals surface area contributed by atoms with E-state index in [-0.39, 0.29) is 11.9 Å². The summed E-state index contributed by atoms with van der Waals surface area (Å²) in [5, 5.41) is 0. The van der Waals surface area contributed by atoms with Crippen LogP contribution in [0.4, 0.5) is 0 Å². The average Bonchev–Trinajstić information content (AvgIpc) is 3.25. The highest BCUT2D eigenvalue weighted by Crippen LogP contribution is 2.29. The van der Waals surface area contributed by atoms with Crippen molar-refractivity contribution >= 4 is 5.91 Å². The topological polar surface area (TPSA) is 58.8 Å². The zero-order chi connectivity index (χ0) is 19.3. The van der Waals surface area contributed by atoms with E-state index in [1.165, 1.54) is 25.9 Å². The van der Waals surface area contributed by atoms with Crippen molar-refractivity contribution in [3.8, 4) is 11.5 Å². The fraction of sp³-hybridized carbons (Fsp3) is 0.435. The van der Waals surface area contributed by atoms with Crippen LogP contribution in [0.1, 0.15) is 37.3 Å². The van der Waals surface area contributed by atoms with Crippen LogP contribution in [0.25, 0.3) is 0 Å². The highest BCUT2D eigenvalue weighted by molar-refractivity contribution is 5.81. The summed E-state index contributed by atoms with van der Waals surface area (Å²) in [7, 11) is 0. The lowest BCUT2D eigenvalue weighted by atomic mass is 9.98. The van der Waals surface area contributed by atoms with Crippen LogP contribution in [-0.4, -0.2) is 47.9 Å². The minimum absolute atomic E-state index is 0.281. The number of nitrogens with two attached hydrogens (primary N) is 1. The maximum Gasteiger partial charge on any atom is 0.239 e. The van der Waals surface area contributed by atoms with Crippen LogP contribution in [0.15, 0.2) is 54.6 Å². The van der Waals surface area contributed by atoms with Gasteiger partial charge in [0.15, 0.2) is 0 Å². The average molecular weight is 380 g/mol. The van der Waals surface area contributed by atoms with Gasteiger partial charge in [-0.05, 0) is 68.6 Å². The summed E-state index contributed by atoms with van der Waals surface area (Å²) in [5.74, 6) is 1.27. The molecule has 0 radical (unpaired) electrons. The van der Waals surface area contributed by atoms with Gasteiger partial charge in [-0.3, -0.25) is 9.69 Å². The van der Waals surface area contributed by atoms with Gasteiger partial charge in [-0.2, -0.15) is 0 Å². The molecule has 1 amide bonds. The quantitative estimate of drug-likeness (QED) is 0.834. The fourth-order valence-electron chi connectivity index (χ4n) is 4.51. The van der Waals surface area contributed by atoms with Gasteiger partial charge < -0.3 is 15.4 Å². The van der Waals surface area contributed by atoms with Crippen molar-refractivity contribution in [3.63, 3.8) is 0 Å². The van der Waals surface area contributed by atoms with Gasteiger partial charge in [-0.15, -0.1) is 0 Å². The summed E-state index contributed by atoms with van der Waals surface area (Å²) in [6.45, 7) is 4.29. The van der Waals surface area contributed by atoms with Crippen molar-refractivity contribution in [3.05, 3.63) is 60.2 Å².